The van der Waals surface area contributed by atoms with Gasteiger partial charge in [0.1, 0.15) is 22.7 Å². The molecular weight excluding hydrogens is 450 g/mol. The fraction of sp³-hybridized carbons (Fsp3) is 0.571. The first kappa shape index (κ1) is 24.5. The first-order chi connectivity index (χ1) is 15.3. The highest BCUT2D eigenvalue weighted by atomic mass is 32.2. The minimum absolute atomic E-state index is 0.0358. The molecule has 4 bridgehead atoms. The van der Waals surface area contributed by atoms with Crippen molar-refractivity contribution in [3.05, 3.63) is 23.9 Å². The number of cyclic esters (lactones) is 1. The van der Waals surface area contributed by atoms with Crippen LogP contribution in [0.1, 0.15) is 32.6 Å². The maximum atomic E-state index is 13.0. The van der Waals surface area contributed by atoms with Crippen molar-refractivity contribution >= 4 is 52.9 Å². The molecule has 0 fully saturated rings. The van der Waals surface area contributed by atoms with Gasteiger partial charge >= 0.3 is 5.97 Å². The van der Waals surface area contributed by atoms with Gasteiger partial charge in [-0.15, -0.1) is 11.8 Å². The van der Waals surface area contributed by atoms with Gasteiger partial charge in [-0.2, -0.15) is 12.6 Å². The van der Waals surface area contributed by atoms with E-state index in [0.29, 0.717) is 41.6 Å². The summed E-state index contributed by atoms with van der Waals surface area (Å²) in [5.41, 5.74) is 6.17. The molecule has 0 aromatic carbocycles. The van der Waals surface area contributed by atoms with Crippen LogP contribution in [0, 0.1) is 0 Å². The quantitative estimate of drug-likeness (QED) is 0.261. The van der Waals surface area contributed by atoms with Crippen molar-refractivity contribution < 1.29 is 19.1 Å². The van der Waals surface area contributed by atoms with Gasteiger partial charge in [0, 0.05) is 17.9 Å². The molecule has 0 aromatic rings. The minimum atomic E-state index is -1.02. The molecule has 4 N–H and O–H groups in total. The summed E-state index contributed by atoms with van der Waals surface area (Å²) in [5.74, 6) is -0.197. The van der Waals surface area contributed by atoms with E-state index < -0.39 is 23.7 Å². The van der Waals surface area contributed by atoms with Gasteiger partial charge in [0.25, 0.3) is 0 Å². The van der Waals surface area contributed by atoms with E-state index in [2.05, 4.69) is 33.2 Å². The Morgan fingerprint density at radius 3 is 2.97 bits per heavy atom. The van der Waals surface area contributed by atoms with Gasteiger partial charge in [-0.3, -0.25) is 19.6 Å². The second-order valence-corrected chi connectivity index (χ2v) is 9.36. The number of amides is 2. The number of carbonyl (C=O) groups excluding carboxylic acids is 3. The van der Waals surface area contributed by atoms with Crippen LogP contribution < -0.4 is 16.4 Å². The maximum Gasteiger partial charge on any atom is 0.329 e. The Hall–Kier alpha value is -2.11. The number of thioether (sulfide) groups is 1. The lowest BCUT2D eigenvalue weighted by atomic mass is 10.0. The highest BCUT2D eigenvalue weighted by molar-refractivity contribution is 8.14. The van der Waals surface area contributed by atoms with Crippen LogP contribution in [0.5, 0.6) is 0 Å². The summed E-state index contributed by atoms with van der Waals surface area (Å²) < 4.78 is 5.59. The number of fused-ring (bicyclic) bond motifs is 3. The summed E-state index contributed by atoms with van der Waals surface area (Å²) >= 11 is 5.62. The molecule has 9 nitrogen and oxygen atoms in total. The van der Waals surface area contributed by atoms with Gasteiger partial charge in [-0.05, 0) is 38.1 Å². The summed E-state index contributed by atoms with van der Waals surface area (Å²) in [5, 5.41) is 6.28. The van der Waals surface area contributed by atoms with Gasteiger partial charge in [0.2, 0.25) is 11.8 Å². The van der Waals surface area contributed by atoms with Crippen molar-refractivity contribution in [1.29, 1.82) is 0 Å². The summed E-state index contributed by atoms with van der Waals surface area (Å²) in [4.78, 5) is 47.6. The number of thiol groups is 1. The molecule has 2 amide bonds. The lowest BCUT2D eigenvalue weighted by molar-refractivity contribution is -0.152. The molecule has 0 aliphatic carbocycles. The molecule has 174 valence electrons. The number of allylic oxidation sites excluding steroid dienone is 2. The Morgan fingerprint density at radius 2 is 2.22 bits per heavy atom. The van der Waals surface area contributed by atoms with Crippen LogP contribution in [0.2, 0.25) is 0 Å². The third-order valence-electron chi connectivity index (χ3n) is 5.19. The molecule has 3 aliphatic rings. The number of nitrogens with zero attached hydrogens (tertiary/aromatic N) is 2. The average Bonchev–Trinajstić information content (AvgIpc) is 3.39. The topological polar surface area (TPSA) is 135 Å². The third-order valence-corrected chi connectivity index (χ3v) is 6.73. The van der Waals surface area contributed by atoms with E-state index in [4.69, 9.17) is 10.5 Å². The van der Waals surface area contributed by atoms with Crippen molar-refractivity contribution in [2.24, 2.45) is 15.7 Å². The second-order valence-electron chi connectivity index (χ2n) is 7.95. The van der Waals surface area contributed by atoms with Crippen molar-refractivity contribution in [1.82, 2.24) is 10.6 Å². The second kappa shape index (κ2) is 11.2. The first-order valence-corrected chi connectivity index (χ1v) is 12.2. The first-order valence-electron chi connectivity index (χ1n) is 10.6. The largest absolute Gasteiger partial charge is 0.456 e. The number of carbonyl (C=O) groups is 3. The number of hydrogen-bond donors (Lipinski definition) is 4. The summed E-state index contributed by atoms with van der Waals surface area (Å²) in [6, 6.07) is -0.930. The average molecular weight is 480 g/mol. The monoisotopic (exact) mass is 479 g/mol. The fourth-order valence-electron chi connectivity index (χ4n) is 3.36. The van der Waals surface area contributed by atoms with Gasteiger partial charge in [0.15, 0.2) is 0 Å². The third kappa shape index (κ3) is 6.23. The predicted molar refractivity (Wildman–Crippen MR) is 129 cm³/mol. The van der Waals surface area contributed by atoms with Crippen LogP contribution >= 0.6 is 24.4 Å². The number of ether oxygens (including phenoxy) is 1. The molecule has 0 unspecified atom stereocenters. The number of nitrogens with one attached hydrogen (secondary N) is 2. The molecule has 11 heteroatoms. The zero-order valence-corrected chi connectivity index (χ0v) is 19.7. The van der Waals surface area contributed by atoms with Crippen LogP contribution in [-0.2, 0) is 19.1 Å². The maximum absolute atomic E-state index is 13.0. The van der Waals surface area contributed by atoms with E-state index in [0.717, 1.165) is 5.71 Å². The molecule has 3 rings (SSSR count). The van der Waals surface area contributed by atoms with Gasteiger partial charge in [-0.25, -0.2) is 4.79 Å². The Bertz CT molecular complexity index is 885. The SMILES string of the molecule is C[C@@]12CSC(=N1)C1=CCC(=N1)CNC(=O)C[C@@H](/C=C/CCS)OC(=O)[C@H](CCN)NC2=O. The van der Waals surface area contributed by atoms with Gasteiger partial charge in [-0.1, -0.05) is 12.2 Å². The zero-order chi connectivity index (χ0) is 23.1. The molecular formula is C21H29N5O4S2. The number of esters is 1. The van der Waals surface area contributed by atoms with Gasteiger partial charge < -0.3 is 21.1 Å². The molecule has 3 atom stereocenters. The van der Waals surface area contributed by atoms with Crippen LogP contribution in [0.3, 0.4) is 0 Å². The molecule has 3 heterocycles. The van der Waals surface area contributed by atoms with Crippen LogP contribution in [-0.4, -0.2) is 70.8 Å². The van der Waals surface area contributed by atoms with E-state index in [-0.39, 0.29) is 31.2 Å². The number of hydrogen-bond acceptors (Lipinski definition) is 9. The van der Waals surface area contributed by atoms with Crippen molar-refractivity contribution in [2.45, 2.75) is 50.3 Å². The minimum Gasteiger partial charge on any atom is -0.456 e. The molecule has 32 heavy (non-hydrogen) atoms. The predicted octanol–water partition coefficient (Wildman–Crippen LogP) is 0.760. The lowest BCUT2D eigenvalue weighted by Crippen LogP contribution is -2.52. The molecule has 3 aliphatic heterocycles. The molecule has 0 saturated heterocycles. The normalized spacial score (nSPS) is 29.2. The van der Waals surface area contributed by atoms with E-state index in [1.54, 1.807) is 13.0 Å². The number of aliphatic imine (C=N–C) groups is 2. The highest BCUT2D eigenvalue weighted by Gasteiger charge is 2.41. The van der Waals surface area contributed by atoms with Crippen LogP contribution in [0.25, 0.3) is 0 Å². The Kier molecular flexibility index (Phi) is 8.55. The Labute approximate surface area is 197 Å². The lowest BCUT2D eigenvalue weighted by Gasteiger charge is -2.25. The van der Waals surface area contributed by atoms with Crippen molar-refractivity contribution in [2.75, 3.05) is 24.6 Å². The summed E-state index contributed by atoms with van der Waals surface area (Å²) in [6.07, 6.45) is 6.12. The van der Waals surface area contributed by atoms with Gasteiger partial charge in [0.05, 0.1) is 18.7 Å². The summed E-state index contributed by atoms with van der Waals surface area (Å²) in [7, 11) is 0. The Balaban J connectivity index is 1.87. The molecule has 0 saturated carbocycles. The smallest absolute Gasteiger partial charge is 0.329 e. The van der Waals surface area contributed by atoms with Crippen LogP contribution in [0.15, 0.2) is 33.9 Å². The Morgan fingerprint density at radius 1 is 1.41 bits per heavy atom. The van der Waals surface area contributed by atoms with Crippen molar-refractivity contribution in [3.63, 3.8) is 0 Å². The van der Waals surface area contributed by atoms with Crippen molar-refractivity contribution in [3.8, 4) is 0 Å². The molecule has 0 radical (unpaired) electrons. The van der Waals surface area contributed by atoms with Crippen LogP contribution in [0.4, 0.5) is 0 Å². The van der Waals surface area contributed by atoms with E-state index in [1.807, 2.05) is 12.2 Å². The highest BCUT2D eigenvalue weighted by Crippen LogP contribution is 2.33. The summed E-state index contributed by atoms with van der Waals surface area (Å²) in [6.45, 7) is 2.22. The van der Waals surface area contributed by atoms with E-state index in [9.17, 15) is 14.4 Å². The molecule has 0 spiro atoms. The fourth-order valence-corrected chi connectivity index (χ4v) is 4.66. The standard InChI is InChI=1S/C21H29N5O4S2/c1-21-12-32-18(26-21)15-6-5-13(24-15)11-23-17(27)10-14(4-2-3-9-31)30-19(28)16(7-8-22)25-20(21)29/h2,4,6,14,16,31H,3,5,7-12,22H2,1H3,(H,23,27)(H,25,29)/b4-2+/t14-,16+,21+/m1/s1. The number of rotatable bonds is 5. The van der Waals surface area contributed by atoms with E-state index >= 15 is 0 Å². The van der Waals surface area contributed by atoms with E-state index in [1.165, 1.54) is 11.8 Å². The number of nitrogens with two attached hydrogens (primary N) is 1. The molecule has 0 aromatic heterocycles. The zero-order valence-electron chi connectivity index (χ0n) is 18.0.